The van der Waals surface area contributed by atoms with Crippen molar-refractivity contribution < 1.29 is 9.53 Å². The zero-order valence-electron chi connectivity index (χ0n) is 12.1. The Morgan fingerprint density at radius 3 is 2.74 bits per heavy atom. The first-order chi connectivity index (χ1) is 8.99. The Balaban J connectivity index is 2.81. The topological polar surface area (TPSA) is 43.3 Å². The number of halogens is 1. The summed E-state index contributed by atoms with van der Waals surface area (Å²) in [6.07, 6.45) is 2.94. The molecular weight excluding hydrogens is 308 g/mol. The van der Waals surface area contributed by atoms with Crippen molar-refractivity contribution in [1.82, 2.24) is 9.88 Å². The quantitative estimate of drug-likeness (QED) is 0.834. The molecule has 0 aliphatic carbocycles. The lowest BCUT2D eigenvalue weighted by Gasteiger charge is -2.21. The fourth-order valence-corrected chi connectivity index (χ4v) is 2.38. The molecule has 4 nitrogen and oxygen atoms in total. The van der Waals surface area contributed by atoms with Gasteiger partial charge in [-0.15, -0.1) is 0 Å². The number of nitrogens with zero attached hydrogens (tertiary/aromatic N) is 1. The van der Waals surface area contributed by atoms with Crippen molar-refractivity contribution in [2.24, 2.45) is 5.92 Å². The number of ether oxygens (including phenoxy) is 1. The maximum atomic E-state index is 12.3. The molecule has 1 amide bonds. The molecule has 108 valence electrons. The van der Waals surface area contributed by atoms with Gasteiger partial charge in [-0.3, -0.25) is 4.79 Å². The second-order valence-corrected chi connectivity index (χ2v) is 5.93. The lowest BCUT2D eigenvalue weighted by Crippen LogP contribution is -2.42. The summed E-state index contributed by atoms with van der Waals surface area (Å²) in [5.74, 6) is 0.289. The smallest absolute Gasteiger partial charge is 0.268 e. The van der Waals surface area contributed by atoms with Crippen molar-refractivity contribution in [2.45, 2.75) is 39.8 Å². The van der Waals surface area contributed by atoms with Gasteiger partial charge < -0.3 is 14.6 Å². The molecule has 0 aromatic carbocycles. The minimum Gasteiger partial charge on any atom is -0.383 e. The molecule has 0 aliphatic heterocycles. The second kappa shape index (κ2) is 7.70. The zero-order valence-corrected chi connectivity index (χ0v) is 13.7. The molecule has 1 aromatic heterocycles. The van der Waals surface area contributed by atoms with E-state index in [1.807, 2.05) is 16.8 Å². The van der Waals surface area contributed by atoms with Crippen molar-refractivity contribution in [3.05, 3.63) is 22.4 Å². The predicted octanol–water partition coefficient (Wildman–Crippen LogP) is 3.06. The summed E-state index contributed by atoms with van der Waals surface area (Å²) in [5.41, 5.74) is 0.690. The first-order valence-corrected chi connectivity index (χ1v) is 7.44. The molecule has 19 heavy (non-hydrogen) atoms. The summed E-state index contributed by atoms with van der Waals surface area (Å²) in [6, 6.07) is 1.89. The van der Waals surface area contributed by atoms with E-state index >= 15 is 0 Å². The van der Waals surface area contributed by atoms with E-state index < -0.39 is 0 Å². The maximum absolute atomic E-state index is 12.3. The Hall–Kier alpha value is -0.810. The molecule has 1 N–H and O–H groups in total. The summed E-state index contributed by atoms with van der Waals surface area (Å²) < 4.78 is 8.06. The molecule has 0 fully saturated rings. The summed E-state index contributed by atoms with van der Waals surface area (Å²) in [7, 11) is 1.65. The van der Waals surface area contributed by atoms with Crippen molar-refractivity contribution in [2.75, 3.05) is 13.7 Å². The summed E-state index contributed by atoms with van der Waals surface area (Å²) >= 11 is 3.42. The molecule has 1 rings (SSSR count). The van der Waals surface area contributed by atoms with Crippen LogP contribution in [0.15, 0.2) is 16.7 Å². The fourth-order valence-electron chi connectivity index (χ4n) is 1.91. The van der Waals surface area contributed by atoms with Crippen LogP contribution in [0.4, 0.5) is 0 Å². The molecule has 0 aliphatic rings. The lowest BCUT2D eigenvalue weighted by molar-refractivity contribution is 0.0857. The van der Waals surface area contributed by atoms with Gasteiger partial charge in [0.25, 0.3) is 5.91 Å². The summed E-state index contributed by atoms with van der Waals surface area (Å²) in [5, 5.41) is 3.04. The molecule has 0 bridgehead atoms. The van der Waals surface area contributed by atoms with Crippen molar-refractivity contribution >= 4 is 21.8 Å². The molecule has 0 radical (unpaired) electrons. The monoisotopic (exact) mass is 330 g/mol. The highest BCUT2D eigenvalue weighted by molar-refractivity contribution is 9.10. The minimum absolute atomic E-state index is 0.0289. The van der Waals surface area contributed by atoms with Gasteiger partial charge in [0.15, 0.2) is 0 Å². The summed E-state index contributed by atoms with van der Waals surface area (Å²) in [6.45, 7) is 7.61. The Morgan fingerprint density at radius 2 is 2.21 bits per heavy atom. The normalized spacial score (nSPS) is 12.7. The van der Waals surface area contributed by atoms with Gasteiger partial charge in [0.2, 0.25) is 0 Å². The Bertz CT molecular complexity index is 416. The van der Waals surface area contributed by atoms with Gasteiger partial charge in [-0.25, -0.2) is 0 Å². The highest BCUT2D eigenvalue weighted by Crippen LogP contribution is 2.16. The van der Waals surface area contributed by atoms with Crippen molar-refractivity contribution in [1.29, 1.82) is 0 Å². The average molecular weight is 331 g/mol. The van der Waals surface area contributed by atoms with Gasteiger partial charge >= 0.3 is 0 Å². The van der Waals surface area contributed by atoms with E-state index in [1.54, 1.807) is 7.11 Å². The molecule has 0 saturated heterocycles. The number of hydrogen-bond donors (Lipinski definition) is 1. The molecule has 1 heterocycles. The van der Waals surface area contributed by atoms with Gasteiger partial charge in [-0.1, -0.05) is 20.8 Å². The van der Waals surface area contributed by atoms with Crippen LogP contribution in [0, 0.1) is 5.92 Å². The van der Waals surface area contributed by atoms with Gasteiger partial charge in [-0.05, 0) is 34.3 Å². The highest BCUT2D eigenvalue weighted by Gasteiger charge is 2.19. The number of rotatable bonds is 7. The van der Waals surface area contributed by atoms with Crippen LogP contribution >= 0.6 is 15.9 Å². The van der Waals surface area contributed by atoms with Crippen LogP contribution in [-0.4, -0.2) is 30.2 Å². The highest BCUT2D eigenvalue weighted by atomic mass is 79.9. The van der Waals surface area contributed by atoms with Crippen LogP contribution in [-0.2, 0) is 11.3 Å². The largest absolute Gasteiger partial charge is 0.383 e. The third kappa shape index (κ3) is 4.66. The lowest BCUT2D eigenvalue weighted by atomic mass is 10.1. The number of aryl methyl sites for hydroxylation is 1. The van der Waals surface area contributed by atoms with Crippen LogP contribution in [0.3, 0.4) is 0 Å². The van der Waals surface area contributed by atoms with Gasteiger partial charge in [0, 0.05) is 24.3 Å². The third-order valence-corrected chi connectivity index (χ3v) is 3.46. The average Bonchev–Trinajstić information content (AvgIpc) is 2.70. The van der Waals surface area contributed by atoms with E-state index in [9.17, 15) is 4.79 Å². The molecule has 1 atom stereocenters. The number of carbonyl (C=O) groups is 1. The van der Waals surface area contributed by atoms with E-state index in [0.717, 1.165) is 17.4 Å². The van der Waals surface area contributed by atoms with E-state index in [0.29, 0.717) is 18.2 Å². The molecule has 0 saturated carbocycles. The van der Waals surface area contributed by atoms with Gasteiger partial charge in [-0.2, -0.15) is 0 Å². The Kier molecular flexibility index (Phi) is 6.58. The Labute approximate surface area is 123 Å². The number of amides is 1. The van der Waals surface area contributed by atoms with Gasteiger partial charge in [0.1, 0.15) is 5.69 Å². The standard InChI is InChI=1S/C14H23BrN2O2/c1-5-6-17-8-11(15)7-13(17)14(18)16-12(9-19-4)10(2)3/h7-8,10,12H,5-6,9H2,1-4H3,(H,16,18). The van der Waals surface area contributed by atoms with Crippen LogP contribution in [0.2, 0.25) is 0 Å². The zero-order chi connectivity index (χ0) is 14.4. The first-order valence-electron chi connectivity index (χ1n) is 6.65. The van der Waals surface area contributed by atoms with Crippen molar-refractivity contribution in [3.8, 4) is 0 Å². The van der Waals surface area contributed by atoms with Crippen molar-refractivity contribution in [3.63, 3.8) is 0 Å². The maximum Gasteiger partial charge on any atom is 0.268 e. The number of aromatic nitrogens is 1. The second-order valence-electron chi connectivity index (χ2n) is 5.02. The predicted molar refractivity (Wildman–Crippen MR) is 80.4 cm³/mol. The van der Waals surface area contributed by atoms with Crippen LogP contribution in [0.1, 0.15) is 37.7 Å². The first kappa shape index (κ1) is 16.2. The molecular formula is C14H23BrN2O2. The van der Waals surface area contributed by atoms with Crippen LogP contribution in [0.25, 0.3) is 0 Å². The van der Waals surface area contributed by atoms with E-state index in [-0.39, 0.29) is 11.9 Å². The Morgan fingerprint density at radius 1 is 1.53 bits per heavy atom. The van der Waals surface area contributed by atoms with E-state index in [1.165, 1.54) is 0 Å². The van der Waals surface area contributed by atoms with Crippen LogP contribution in [0.5, 0.6) is 0 Å². The molecule has 1 aromatic rings. The number of carbonyl (C=O) groups excluding carboxylic acids is 1. The fraction of sp³-hybridized carbons (Fsp3) is 0.643. The number of hydrogen-bond acceptors (Lipinski definition) is 2. The third-order valence-electron chi connectivity index (χ3n) is 3.03. The van der Waals surface area contributed by atoms with E-state index in [2.05, 4.69) is 42.0 Å². The van der Waals surface area contributed by atoms with Gasteiger partial charge in [0.05, 0.1) is 12.6 Å². The number of methoxy groups -OCH3 is 1. The molecule has 1 unspecified atom stereocenters. The SMILES string of the molecule is CCCn1cc(Br)cc1C(=O)NC(COC)C(C)C. The number of nitrogens with one attached hydrogen (secondary N) is 1. The minimum atomic E-state index is -0.0464. The molecule has 5 heteroatoms. The summed E-state index contributed by atoms with van der Waals surface area (Å²) in [4.78, 5) is 12.3. The van der Waals surface area contributed by atoms with Crippen LogP contribution < -0.4 is 5.32 Å². The van der Waals surface area contributed by atoms with E-state index in [4.69, 9.17) is 4.74 Å². The molecule has 0 spiro atoms.